The highest BCUT2D eigenvalue weighted by Gasteiger charge is 2.19. The number of carbonyl (C=O) groups is 1. The Morgan fingerprint density at radius 3 is 2.86 bits per heavy atom. The number of rotatable bonds is 3. The molecule has 6 heteroatoms. The summed E-state index contributed by atoms with van der Waals surface area (Å²) < 4.78 is 1.56. The van der Waals surface area contributed by atoms with E-state index in [9.17, 15) is 4.79 Å². The molecule has 2 aromatic rings. The number of fused-ring (bicyclic) bond motifs is 1. The molecule has 1 aliphatic heterocycles. The van der Waals surface area contributed by atoms with E-state index in [-0.39, 0.29) is 12.5 Å². The lowest BCUT2D eigenvalue weighted by Gasteiger charge is -2.20. The van der Waals surface area contributed by atoms with Gasteiger partial charge in [0, 0.05) is 19.6 Å². The fraction of sp³-hybridized carbons (Fsp3) is 0.400. The van der Waals surface area contributed by atoms with Crippen molar-refractivity contribution in [2.75, 3.05) is 6.54 Å². The van der Waals surface area contributed by atoms with Crippen LogP contribution in [0.3, 0.4) is 0 Å². The van der Waals surface area contributed by atoms with Crippen LogP contribution in [0, 0.1) is 0 Å². The van der Waals surface area contributed by atoms with Gasteiger partial charge < -0.3 is 10.6 Å². The van der Waals surface area contributed by atoms with Gasteiger partial charge in [0.1, 0.15) is 6.54 Å². The molecule has 1 aliphatic rings. The number of aryl methyl sites for hydroxylation is 1. The number of amides is 1. The van der Waals surface area contributed by atoms with Gasteiger partial charge in [0.25, 0.3) is 0 Å². The second kappa shape index (κ2) is 6.05. The fourth-order valence-electron chi connectivity index (χ4n) is 2.66. The van der Waals surface area contributed by atoms with E-state index >= 15 is 0 Å². The Labute approximate surface area is 123 Å². The van der Waals surface area contributed by atoms with Gasteiger partial charge in [0.05, 0.1) is 11.9 Å². The summed E-state index contributed by atoms with van der Waals surface area (Å²) in [4.78, 5) is 14.3. The lowest BCUT2D eigenvalue weighted by Crippen LogP contribution is -2.33. The molecule has 6 nitrogen and oxygen atoms in total. The van der Waals surface area contributed by atoms with Crippen molar-refractivity contribution in [3.05, 3.63) is 47.3 Å². The third-order valence-corrected chi connectivity index (χ3v) is 3.80. The average Bonchev–Trinajstić information content (AvgIpc) is 2.83. The van der Waals surface area contributed by atoms with Crippen LogP contribution >= 0.6 is 0 Å². The van der Waals surface area contributed by atoms with Crippen LogP contribution in [-0.2, 0) is 30.8 Å². The maximum atomic E-state index is 12.4. The quantitative estimate of drug-likeness (QED) is 0.901. The van der Waals surface area contributed by atoms with Gasteiger partial charge >= 0.3 is 0 Å². The van der Waals surface area contributed by atoms with E-state index in [1.54, 1.807) is 10.9 Å². The SMILES string of the molecule is NCc1cn(CC(=O)N2CCCc3ccccc3C2)nn1. The Balaban J connectivity index is 1.70. The molecule has 0 spiro atoms. The van der Waals surface area contributed by atoms with Gasteiger partial charge in [0.2, 0.25) is 5.91 Å². The molecule has 2 N–H and O–H groups in total. The molecule has 1 aromatic carbocycles. The predicted octanol–water partition coefficient (Wildman–Crippen LogP) is 0.712. The van der Waals surface area contributed by atoms with E-state index in [2.05, 4.69) is 28.5 Å². The highest BCUT2D eigenvalue weighted by atomic mass is 16.2. The van der Waals surface area contributed by atoms with Crippen molar-refractivity contribution in [2.45, 2.75) is 32.5 Å². The Morgan fingerprint density at radius 1 is 1.29 bits per heavy atom. The van der Waals surface area contributed by atoms with Crippen LogP contribution in [0.1, 0.15) is 23.2 Å². The summed E-state index contributed by atoms with van der Waals surface area (Å²) in [7, 11) is 0. The van der Waals surface area contributed by atoms with Crippen LogP contribution in [-0.4, -0.2) is 32.3 Å². The standard InChI is InChI=1S/C15H19N5O/c16-8-14-10-20(18-17-14)11-15(21)19-7-3-6-12-4-1-2-5-13(12)9-19/h1-2,4-5,10H,3,6-9,11,16H2. The summed E-state index contributed by atoms with van der Waals surface area (Å²) in [5.41, 5.74) is 8.78. The molecule has 2 heterocycles. The maximum Gasteiger partial charge on any atom is 0.244 e. The van der Waals surface area contributed by atoms with E-state index in [4.69, 9.17) is 5.73 Å². The van der Waals surface area contributed by atoms with Gasteiger partial charge in [-0.2, -0.15) is 0 Å². The van der Waals surface area contributed by atoms with E-state index in [1.807, 2.05) is 11.0 Å². The van der Waals surface area contributed by atoms with Crippen LogP contribution in [0.2, 0.25) is 0 Å². The minimum atomic E-state index is 0.0696. The fourth-order valence-corrected chi connectivity index (χ4v) is 2.66. The summed E-state index contributed by atoms with van der Waals surface area (Å²) >= 11 is 0. The first kappa shape index (κ1) is 13.8. The van der Waals surface area contributed by atoms with Crippen molar-refractivity contribution >= 4 is 5.91 Å². The lowest BCUT2D eigenvalue weighted by molar-refractivity contribution is -0.132. The number of benzene rings is 1. The van der Waals surface area contributed by atoms with Gasteiger partial charge in [0.15, 0.2) is 0 Å². The third kappa shape index (κ3) is 3.11. The molecule has 0 bridgehead atoms. The number of nitrogens with two attached hydrogens (primary N) is 1. The molecule has 0 unspecified atom stereocenters. The van der Waals surface area contributed by atoms with E-state index < -0.39 is 0 Å². The average molecular weight is 285 g/mol. The van der Waals surface area contributed by atoms with Crippen molar-refractivity contribution in [2.24, 2.45) is 5.73 Å². The van der Waals surface area contributed by atoms with E-state index in [0.29, 0.717) is 18.8 Å². The molecule has 1 amide bonds. The maximum absolute atomic E-state index is 12.4. The zero-order chi connectivity index (χ0) is 14.7. The highest BCUT2D eigenvalue weighted by molar-refractivity contribution is 5.76. The summed E-state index contributed by atoms with van der Waals surface area (Å²) in [6.07, 6.45) is 3.75. The monoisotopic (exact) mass is 285 g/mol. The van der Waals surface area contributed by atoms with Gasteiger partial charge in [-0.1, -0.05) is 29.5 Å². The van der Waals surface area contributed by atoms with Crippen LogP contribution in [0.5, 0.6) is 0 Å². The first-order chi connectivity index (χ1) is 10.3. The zero-order valence-corrected chi connectivity index (χ0v) is 11.9. The van der Waals surface area contributed by atoms with Gasteiger partial charge in [-0.05, 0) is 24.0 Å². The second-order valence-electron chi connectivity index (χ2n) is 5.30. The smallest absolute Gasteiger partial charge is 0.244 e. The number of hydrogen-bond acceptors (Lipinski definition) is 4. The number of nitrogens with zero attached hydrogens (tertiary/aromatic N) is 4. The molecule has 0 radical (unpaired) electrons. The second-order valence-corrected chi connectivity index (χ2v) is 5.30. The molecule has 3 rings (SSSR count). The van der Waals surface area contributed by atoms with Gasteiger partial charge in [-0.15, -0.1) is 5.10 Å². The molecule has 0 saturated heterocycles. The van der Waals surface area contributed by atoms with Crippen LogP contribution in [0.15, 0.2) is 30.5 Å². The molecule has 0 fully saturated rings. The van der Waals surface area contributed by atoms with Gasteiger partial charge in [-0.25, -0.2) is 4.68 Å². The largest absolute Gasteiger partial charge is 0.337 e. The van der Waals surface area contributed by atoms with Crippen molar-refractivity contribution < 1.29 is 4.79 Å². The third-order valence-electron chi connectivity index (χ3n) is 3.80. The van der Waals surface area contributed by atoms with Crippen molar-refractivity contribution in [3.8, 4) is 0 Å². The molecular formula is C15H19N5O. The highest BCUT2D eigenvalue weighted by Crippen LogP contribution is 2.18. The summed E-state index contributed by atoms with van der Waals surface area (Å²) in [6.45, 7) is 2.01. The molecule has 0 aliphatic carbocycles. The predicted molar refractivity (Wildman–Crippen MR) is 78.1 cm³/mol. The van der Waals surface area contributed by atoms with E-state index in [0.717, 1.165) is 19.4 Å². The molecule has 0 saturated carbocycles. The summed E-state index contributed by atoms with van der Waals surface area (Å²) in [6, 6.07) is 8.33. The van der Waals surface area contributed by atoms with Crippen molar-refractivity contribution in [1.82, 2.24) is 19.9 Å². The lowest BCUT2D eigenvalue weighted by atomic mass is 10.0. The zero-order valence-electron chi connectivity index (χ0n) is 11.9. The topological polar surface area (TPSA) is 77.0 Å². The number of hydrogen-bond donors (Lipinski definition) is 1. The first-order valence-corrected chi connectivity index (χ1v) is 7.20. The molecule has 21 heavy (non-hydrogen) atoms. The number of carbonyl (C=O) groups excluding carboxylic acids is 1. The van der Waals surface area contributed by atoms with Crippen molar-refractivity contribution in [1.29, 1.82) is 0 Å². The van der Waals surface area contributed by atoms with Crippen molar-refractivity contribution in [3.63, 3.8) is 0 Å². The molecule has 110 valence electrons. The minimum Gasteiger partial charge on any atom is -0.337 e. The molecule has 1 aromatic heterocycles. The molecule has 0 atom stereocenters. The Bertz CT molecular complexity index is 636. The Morgan fingerprint density at radius 2 is 2.10 bits per heavy atom. The Hall–Kier alpha value is -2.21. The normalized spacial score (nSPS) is 14.6. The summed E-state index contributed by atoms with van der Waals surface area (Å²) in [5, 5.41) is 7.83. The van der Waals surface area contributed by atoms with Gasteiger partial charge in [-0.3, -0.25) is 4.79 Å². The van der Waals surface area contributed by atoms with Crippen LogP contribution in [0.25, 0.3) is 0 Å². The Kier molecular flexibility index (Phi) is 3.96. The van der Waals surface area contributed by atoms with Crippen LogP contribution < -0.4 is 5.73 Å². The summed E-state index contributed by atoms with van der Waals surface area (Å²) in [5.74, 6) is 0.0696. The molecular weight excluding hydrogens is 266 g/mol. The van der Waals surface area contributed by atoms with E-state index in [1.165, 1.54) is 11.1 Å². The van der Waals surface area contributed by atoms with Crippen LogP contribution in [0.4, 0.5) is 0 Å². The number of aromatic nitrogens is 3. The minimum absolute atomic E-state index is 0.0696. The first-order valence-electron chi connectivity index (χ1n) is 7.20.